The van der Waals surface area contributed by atoms with Gasteiger partial charge in [-0.3, -0.25) is 0 Å². The molecular weight excluding hydrogens is 809 g/mol. The lowest BCUT2D eigenvalue weighted by atomic mass is 9.66. The summed E-state index contributed by atoms with van der Waals surface area (Å²) in [6.07, 6.45) is 0. The molecule has 0 radical (unpaired) electrons. The number of hydrogen-bond acceptors (Lipinski definition) is 7. The molecule has 7 nitrogen and oxygen atoms in total. The molecule has 2 aromatic heterocycles. The fourth-order valence-electron chi connectivity index (χ4n) is 9.89. The van der Waals surface area contributed by atoms with Gasteiger partial charge in [0.25, 0.3) is 0 Å². The highest BCUT2D eigenvalue weighted by Gasteiger charge is 2.52. The van der Waals surface area contributed by atoms with Crippen LogP contribution in [-0.2, 0) is 5.41 Å². The summed E-state index contributed by atoms with van der Waals surface area (Å²) in [7, 11) is 0. The maximum atomic E-state index is 6.75. The van der Waals surface area contributed by atoms with E-state index in [1.165, 1.54) is 0 Å². The van der Waals surface area contributed by atoms with Gasteiger partial charge in [-0.05, 0) is 63.4 Å². The summed E-state index contributed by atoms with van der Waals surface area (Å²) in [6, 6.07) is 75.0. The minimum Gasteiger partial charge on any atom is -0.457 e. The molecule has 1 aliphatic carbocycles. The summed E-state index contributed by atoms with van der Waals surface area (Å²) >= 11 is 0. The zero-order valence-electron chi connectivity index (χ0n) is 35.4. The van der Waals surface area contributed by atoms with Crippen LogP contribution in [0.2, 0.25) is 0 Å². The minimum absolute atomic E-state index is 0.526. The van der Waals surface area contributed by atoms with Crippen molar-refractivity contribution in [3.8, 4) is 91.0 Å². The van der Waals surface area contributed by atoms with Gasteiger partial charge in [0, 0.05) is 44.5 Å². The summed E-state index contributed by atoms with van der Waals surface area (Å²) in [6.45, 7) is 0. The van der Waals surface area contributed by atoms with Gasteiger partial charge < -0.3 is 4.74 Å². The van der Waals surface area contributed by atoms with E-state index in [1.54, 1.807) is 0 Å². The Kier molecular flexibility index (Phi) is 8.61. The molecule has 0 saturated heterocycles. The second kappa shape index (κ2) is 15.1. The molecule has 0 unspecified atom stereocenters. The molecule has 308 valence electrons. The van der Waals surface area contributed by atoms with Crippen molar-refractivity contribution in [1.82, 2.24) is 29.9 Å². The van der Waals surface area contributed by atoms with Crippen molar-refractivity contribution in [3.63, 3.8) is 0 Å². The van der Waals surface area contributed by atoms with Crippen molar-refractivity contribution in [3.05, 3.63) is 241 Å². The first-order valence-corrected chi connectivity index (χ1v) is 22.0. The smallest absolute Gasteiger partial charge is 0.164 e. The standard InChI is InChI=1S/C59H36N6O/c1-4-19-38(20-5-1)53-60-54(39-21-6-2-7-22-39)63-57(62-53)43-35-45(58-64-55(40-23-8-3-9-24-40)61-56(65-58)42-33-32-37-18-10-11-25-41(37)34-42)52-44-26-12-13-27-46(44)59(49(52)36-43)47-28-14-16-30-50(47)66-51-31-17-15-29-48(51)59/h1-36H. The van der Waals surface area contributed by atoms with Crippen molar-refractivity contribution < 1.29 is 4.74 Å². The molecule has 0 atom stereocenters. The molecule has 13 rings (SSSR count). The van der Waals surface area contributed by atoms with Crippen LogP contribution in [0, 0.1) is 0 Å². The van der Waals surface area contributed by atoms with Crippen LogP contribution in [-0.4, -0.2) is 29.9 Å². The Morgan fingerprint density at radius 2 is 0.712 bits per heavy atom. The average molecular weight is 845 g/mol. The van der Waals surface area contributed by atoms with Crippen molar-refractivity contribution in [1.29, 1.82) is 0 Å². The maximum absolute atomic E-state index is 6.75. The number of hydrogen-bond donors (Lipinski definition) is 0. The third-order valence-corrected chi connectivity index (χ3v) is 12.8. The quantitative estimate of drug-likeness (QED) is 0.165. The molecule has 3 heterocycles. The van der Waals surface area contributed by atoms with Gasteiger partial charge in [-0.1, -0.05) is 188 Å². The van der Waals surface area contributed by atoms with E-state index >= 15 is 0 Å². The van der Waals surface area contributed by atoms with Crippen LogP contribution in [0.15, 0.2) is 218 Å². The van der Waals surface area contributed by atoms with Crippen LogP contribution >= 0.6 is 0 Å². The van der Waals surface area contributed by atoms with E-state index in [-0.39, 0.29) is 0 Å². The molecule has 0 fully saturated rings. The Hall–Kier alpha value is -8.94. The van der Waals surface area contributed by atoms with E-state index in [1.807, 2.05) is 103 Å². The number of fused-ring (bicyclic) bond motifs is 10. The van der Waals surface area contributed by atoms with Crippen LogP contribution in [0.1, 0.15) is 22.3 Å². The predicted molar refractivity (Wildman–Crippen MR) is 261 cm³/mol. The van der Waals surface area contributed by atoms with Crippen LogP contribution in [0.25, 0.3) is 90.2 Å². The lowest BCUT2D eigenvalue weighted by Gasteiger charge is -2.39. The molecule has 1 spiro atoms. The summed E-state index contributed by atoms with van der Waals surface area (Å²) in [5, 5.41) is 2.25. The molecule has 66 heavy (non-hydrogen) atoms. The first-order valence-electron chi connectivity index (χ1n) is 22.0. The number of benzene rings is 9. The van der Waals surface area contributed by atoms with Gasteiger partial charge >= 0.3 is 0 Å². The van der Waals surface area contributed by atoms with E-state index < -0.39 is 5.41 Å². The Morgan fingerprint density at radius 3 is 1.29 bits per heavy atom. The van der Waals surface area contributed by atoms with Crippen LogP contribution < -0.4 is 4.74 Å². The molecule has 0 amide bonds. The van der Waals surface area contributed by atoms with Crippen molar-refractivity contribution in [2.45, 2.75) is 5.41 Å². The second-order valence-electron chi connectivity index (χ2n) is 16.6. The lowest BCUT2D eigenvalue weighted by Crippen LogP contribution is -2.32. The molecule has 0 N–H and O–H groups in total. The fraction of sp³-hybridized carbons (Fsp3) is 0.0169. The molecule has 7 heteroatoms. The third-order valence-electron chi connectivity index (χ3n) is 12.8. The van der Waals surface area contributed by atoms with Crippen molar-refractivity contribution in [2.24, 2.45) is 0 Å². The topological polar surface area (TPSA) is 86.6 Å². The van der Waals surface area contributed by atoms with Gasteiger partial charge in [0.15, 0.2) is 34.9 Å². The maximum Gasteiger partial charge on any atom is 0.164 e. The van der Waals surface area contributed by atoms with Crippen molar-refractivity contribution >= 4 is 10.8 Å². The highest BCUT2D eigenvalue weighted by molar-refractivity contribution is 5.98. The Bertz CT molecular complexity index is 3590. The van der Waals surface area contributed by atoms with Gasteiger partial charge in [0.2, 0.25) is 0 Å². The lowest BCUT2D eigenvalue weighted by molar-refractivity contribution is 0.436. The van der Waals surface area contributed by atoms with E-state index in [0.29, 0.717) is 34.9 Å². The summed E-state index contributed by atoms with van der Waals surface area (Å²) in [4.78, 5) is 31.7. The second-order valence-corrected chi connectivity index (χ2v) is 16.6. The molecule has 2 aliphatic rings. The summed E-state index contributed by atoms with van der Waals surface area (Å²) < 4.78 is 6.75. The Morgan fingerprint density at radius 1 is 0.273 bits per heavy atom. The van der Waals surface area contributed by atoms with Gasteiger partial charge in [-0.15, -0.1) is 0 Å². The van der Waals surface area contributed by atoms with Crippen LogP contribution in [0.3, 0.4) is 0 Å². The van der Waals surface area contributed by atoms with Gasteiger partial charge in [-0.2, -0.15) is 0 Å². The number of aromatic nitrogens is 6. The Labute approximate surface area is 380 Å². The SMILES string of the molecule is c1ccc(-c2nc(-c3ccccc3)nc(-c3cc(-c4nc(-c5ccccc5)nc(-c5ccc6ccccc6c5)n4)c4c(c3)C3(c5ccccc5Oc5ccccc53)c3ccccc3-4)n2)cc1. The number of ether oxygens (including phenoxy) is 1. The summed E-state index contributed by atoms with van der Waals surface area (Å²) in [5.74, 6) is 4.96. The summed E-state index contributed by atoms with van der Waals surface area (Å²) in [5.41, 5.74) is 10.8. The first kappa shape index (κ1) is 37.6. The van der Waals surface area contributed by atoms with Gasteiger partial charge in [0.1, 0.15) is 11.5 Å². The number of rotatable bonds is 6. The van der Waals surface area contributed by atoms with Gasteiger partial charge in [-0.25, -0.2) is 29.9 Å². The molecule has 0 saturated carbocycles. The van der Waals surface area contributed by atoms with E-state index in [4.69, 9.17) is 34.6 Å². The zero-order chi connectivity index (χ0) is 43.6. The first-order chi connectivity index (χ1) is 32.7. The van der Waals surface area contributed by atoms with E-state index in [0.717, 1.165) is 89.0 Å². The predicted octanol–water partition coefficient (Wildman–Crippen LogP) is 13.7. The molecule has 1 aliphatic heterocycles. The highest BCUT2D eigenvalue weighted by atomic mass is 16.5. The highest BCUT2D eigenvalue weighted by Crippen LogP contribution is 2.63. The number of para-hydroxylation sites is 2. The largest absolute Gasteiger partial charge is 0.457 e. The van der Waals surface area contributed by atoms with Crippen LogP contribution in [0.5, 0.6) is 11.5 Å². The van der Waals surface area contributed by atoms with E-state index in [2.05, 4.69) is 115 Å². The molecule has 9 aromatic carbocycles. The monoisotopic (exact) mass is 844 g/mol. The molecular formula is C59H36N6O. The van der Waals surface area contributed by atoms with Crippen LogP contribution in [0.4, 0.5) is 0 Å². The van der Waals surface area contributed by atoms with Gasteiger partial charge in [0.05, 0.1) is 5.41 Å². The molecule has 0 bridgehead atoms. The minimum atomic E-state index is -0.795. The fourth-order valence-corrected chi connectivity index (χ4v) is 9.89. The number of nitrogens with zero attached hydrogens (tertiary/aromatic N) is 6. The van der Waals surface area contributed by atoms with Crippen molar-refractivity contribution in [2.75, 3.05) is 0 Å². The van der Waals surface area contributed by atoms with E-state index in [9.17, 15) is 0 Å². The molecule has 11 aromatic rings. The normalized spacial score (nSPS) is 12.8. The zero-order valence-corrected chi connectivity index (χ0v) is 35.4. The third kappa shape index (κ3) is 5.98. The Balaban J connectivity index is 1.16. The average Bonchev–Trinajstić information content (AvgIpc) is 3.69.